The Balaban J connectivity index is 1.73. The molecule has 7 aromatic rings. The molecule has 0 spiro atoms. The lowest BCUT2D eigenvalue weighted by Gasteiger charge is -2.12. The minimum atomic E-state index is 0.903. The predicted molar refractivity (Wildman–Crippen MR) is 132 cm³/mol. The van der Waals surface area contributed by atoms with Crippen LogP contribution in [0.3, 0.4) is 0 Å². The largest absolute Gasteiger partial charge is 0.303 e. The van der Waals surface area contributed by atoms with Gasteiger partial charge in [-0.05, 0) is 12.1 Å². The molecule has 0 N–H and O–H groups in total. The van der Waals surface area contributed by atoms with Crippen LogP contribution >= 0.6 is 11.3 Å². The van der Waals surface area contributed by atoms with Crippen LogP contribution in [-0.4, -0.2) is 19.5 Å². The van der Waals surface area contributed by atoms with Crippen molar-refractivity contribution < 1.29 is 0 Å². The third-order valence-corrected chi connectivity index (χ3v) is 7.10. The SMILES string of the molecule is c1ccc(-c2ncncc2-n2c3ccccc3c3ncc4sc5ccccc5c4c32)cc1. The first-order valence-electron chi connectivity index (χ1n) is 10.5. The Morgan fingerprint density at radius 3 is 2.38 bits per heavy atom. The lowest BCUT2D eigenvalue weighted by molar-refractivity contribution is 1.08. The van der Waals surface area contributed by atoms with E-state index in [1.54, 1.807) is 17.7 Å². The fourth-order valence-electron chi connectivity index (χ4n) is 4.66. The number of aromatic nitrogens is 4. The maximum absolute atomic E-state index is 4.93. The number of rotatable bonds is 2. The number of benzene rings is 3. The van der Waals surface area contributed by atoms with Gasteiger partial charge in [-0.15, -0.1) is 11.3 Å². The summed E-state index contributed by atoms with van der Waals surface area (Å²) >= 11 is 1.78. The van der Waals surface area contributed by atoms with E-state index in [1.165, 1.54) is 20.2 Å². The van der Waals surface area contributed by atoms with E-state index in [4.69, 9.17) is 9.97 Å². The highest BCUT2D eigenvalue weighted by Crippen LogP contribution is 2.42. The van der Waals surface area contributed by atoms with Crippen LogP contribution in [0.15, 0.2) is 97.6 Å². The molecule has 0 amide bonds. The molecule has 0 saturated carbocycles. The van der Waals surface area contributed by atoms with Gasteiger partial charge in [0.25, 0.3) is 0 Å². The van der Waals surface area contributed by atoms with Crippen LogP contribution < -0.4 is 0 Å². The number of para-hydroxylation sites is 1. The van der Waals surface area contributed by atoms with Gasteiger partial charge < -0.3 is 4.57 Å². The first-order chi connectivity index (χ1) is 15.9. The smallest absolute Gasteiger partial charge is 0.116 e. The molecule has 4 nitrogen and oxygen atoms in total. The van der Waals surface area contributed by atoms with Crippen molar-refractivity contribution in [2.45, 2.75) is 0 Å². The molecule has 0 aliphatic heterocycles. The normalized spacial score (nSPS) is 11.8. The van der Waals surface area contributed by atoms with Gasteiger partial charge in [0.05, 0.1) is 38.8 Å². The quantitative estimate of drug-likeness (QED) is 0.298. The average Bonchev–Trinajstić information content (AvgIpc) is 3.40. The Morgan fingerprint density at radius 1 is 0.688 bits per heavy atom. The van der Waals surface area contributed by atoms with Gasteiger partial charge in [-0.3, -0.25) is 4.98 Å². The van der Waals surface area contributed by atoms with E-state index in [0.717, 1.165) is 38.9 Å². The molecule has 150 valence electrons. The molecule has 4 heterocycles. The highest BCUT2D eigenvalue weighted by atomic mass is 32.1. The van der Waals surface area contributed by atoms with Crippen LogP contribution in [0.2, 0.25) is 0 Å². The van der Waals surface area contributed by atoms with E-state index in [9.17, 15) is 0 Å². The summed E-state index contributed by atoms with van der Waals surface area (Å²) in [5.41, 5.74) is 6.12. The molecule has 0 radical (unpaired) electrons. The number of fused-ring (bicyclic) bond motifs is 7. The lowest BCUT2D eigenvalue weighted by atomic mass is 10.1. The Bertz CT molecular complexity index is 1780. The van der Waals surface area contributed by atoms with E-state index < -0.39 is 0 Å². The van der Waals surface area contributed by atoms with Crippen molar-refractivity contribution in [3.63, 3.8) is 0 Å². The maximum Gasteiger partial charge on any atom is 0.116 e. The van der Waals surface area contributed by atoms with Gasteiger partial charge >= 0.3 is 0 Å². The molecule has 7 rings (SSSR count). The van der Waals surface area contributed by atoms with E-state index in [-0.39, 0.29) is 0 Å². The fraction of sp³-hybridized carbons (Fsp3) is 0. The first kappa shape index (κ1) is 17.6. The molecule has 0 unspecified atom stereocenters. The van der Waals surface area contributed by atoms with Crippen molar-refractivity contribution in [3.05, 3.63) is 97.6 Å². The van der Waals surface area contributed by atoms with Crippen LogP contribution in [-0.2, 0) is 0 Å². The number of hydrogen-bond donors (Lipinski definition) is 0. The maximum atomic E-state index is 4.93. The number of pyridine rings is 1. The topological polar surface area (TPSA) is 43.6 Å². The fourth-order valence-corrected chi connectivity index (χ4v) is 5.74. The molecule has 3 aromatic carbocycles. The molecule has 0 atom stereocenters. The molecule has 0 bridgehead atoms. The number of nitrogens with zero attached hydrogens (tertiary/aromatic N) is 4. The predicted octanol–water partition coefficient (Wildman–Crippen LogP) is 7.00. The second-order valence-corrected chi connectivity index (χ2v) is 8.85. The third kappa shape index (κ3) is 2.40. The van der Waals surface area contributed by atoms with Crippen LogP contribution in [0.25, 0.3) is 59.1 Å². The summed E-state index contributed by atoms with van der Waals surface area (Å²) in [5, 5.41) is 3.61. The summed E-state index contributed by atoms with van der Waals surface area (Å²) in [5.74, 6) is 0. The van der Waals surface area contributed by atoms with Gasteiger partial charge in [-0.25, -0.2) is 9.97 Å². The molecule has 0 aliphatic rings. The third-order valence-electron chi connectivity index (χ3n) is 6.00. The van der Waals surface area contributed by atoms with Gasteiger partial charge in [-0.1, -0.05) is 66.7 Å². The average molecular weight is 429 g/mol. The minimum Gasteiger partial charge on any atom is -0.303 e. The van der Waals surface area contributed by atoms with Crippen molar-refractivity contribution in [1.29, 1.82) is 0 Å². The number of hydrogen-bond acceptors (Lipinski definition) is 4. The molecular weight excluding hydrogens is 412 g/mol. The second-order valence-electron chi connectivity index (χ2n) is 7.77. The molecule has 5 heteroatoms. The highest BCUT2D eigenvalue weighted by molar-refractivity contribution is 7.26. The minimum absolute atomic E-state index is 0.903. The summed E-state index contributed by atoms with van der Waals surface area (Å²) in [6.07, 6.45) is 5.54. The zero-order valence-corrected chi connectivity index (χ0v) is 17.8. The van der Waals surface area contributed by atoms with E-state index in [2.05, 4.69) is 70.2 Å². The van der Waals surface area contributed by atoms with Crippen molar-refractivity contribution in [2.24, 2.45) is 0 Å². The zero-order valence-electron chi connectivity index (χ0n) is 16.9. The monoisotopic (exact) mass is 428 g/mol. The van der Waals surface area contributed by atoms with Crippen LogP contribution in [0.5, 0.6) is 0 Å². The van der Waals surface area contributed by atoms with E-state index in [1.807, 2.05) is 30.6 Å². The first-order valence-corrected chi connectivity index (χ1v) is 11.3. The van der Waals surface area contributed by atoms with Crippen LogP contribution in [0, 0.1) is 0 Å². The Kier molecular flexibility index (Phi) is 3.68. The molecular formula is C27H16N4S. The Labute approximate surface area is 187 Å². The van der Waals surface area contributed by atoms with Crippen molar-refractivity contribution in [3.8, 4) is 16.9 Å². The lowest BCUT2D eigenvalue weighted by Crippen LogP contribution is -2.00. The van der Waals surface area contributed by atoms with Gasteiger partial charge in [-0.2, -0.15) is 0 Å². The second kappa shape index (κ2) is 6.70. The molecule has 0 fully saturated rings. The van der Waals surface area contributed by atoms with E-state index in [0.29, 0.717) is 0 Å². The van der Waals surface area contributed by atoms with E-state index >= 15 is 0 Å². The molecule has 32 heavy (non-hydrogen) atoms. The van der Waals surface area contributed by atoms with Crippen molar-refractivity contribution in [1.82, 2.24) is 19.5 Å². The molecule has 0 saturated heterocycles. The summed E-state index contributed by atoms with van der Waals surface area (Å²) in [6.45, 7) is 0. The number of thiophene rings is 1. The molecule has 4 aromatic heterocycles. The Morgan fingerprint density at radius 2 is 1.47 bits per heavy atom. The molecule has 0 aliphatic carbocycles. The van der Waals surface area contributed by atoms with Gasteiger partial charge in [0, 0.05) is 32.6 Å². The van der Waals surface area contributed by atoms with Gasteiger partial charge in [0.2, 0.25) is 0 Å². The van der Waals surface area contributed by atoms with Gasteiger partial charge in [0.15, 0.2) is 0 Å². The highest BCUT2D eigenvalue weighted by Gasteiger charge is 2.21. The van der Waals surface area contributed by atoms with Crippen LogP contribution in [0.1, 0.15) is 0 Å². The van der Waals surface area contributed by atoms with Gasteiger partial charge in [0.1, 0.15) is 6.33 Å². The summed E-state index contributed by atoms with van der Waals surface area (Å²) in [6, 6.07) is 27.3. The van der Waals surface area contributed by atoms with Crippen molar-refractivity contribution in [2.75, 3.05) is 0 Å². The summed E-state index contributed by atoms with van der Waals surface area (Å²) in [7, 11) is 0. The van der Waals surface area contributed by atoms with Crippen molar-refractivity contribution >= 4 is 53.4 Å². The standard InChI is InChI=1S/C27H16N4S/c1-2-8-17(9-3-1)25-21(14-28-16-30-25)31-20-12-6-4-10-18(20)26-27(31)24-19-11-5-7-13-22(19)32-23(24)15-29-26/h1-16H. The van der Waals surface area contributed by atoms with Crippen LogP contribution in [0.4, 0.5) is 0 Å². The summed E-state index contributed by atoms with van der Waals surface area (Å²) in [4.78, 5) is 14.0. The Hall–Kier alpha value is -4.09. The summed E-state index contributed by atoms with van der Waals surface area (Å²) < 4.78 is 4.74. The zero-order chi connectivity index (χ0) is 21.1.